The quantitative estimate of drug-likeness (QED) is 0.167. The molecule has 0 spiro atoms. The van der Waals surface area contributed by atoms with Crippen molar-refractivity contribution in [2.45, 2.75) is 18.0 Å². The highest BCUT2D eigenvalue weighted by Gasteiger charge is 2.30. The first-order valence-corrected chi connectivity index (χ1v) is 14.3. The first-order chi connectivity index (χ1) is 20.6. The van der Waals surface area contributed by atoms with E-state index in [1.807, 2.05) is 72.8 Å². The molecule has 0 saturated heterocycles. The van der Waals surface area contributed by atoms with Gasteiger partial charge in [-0.1, -0.05) is 84.9 Å². The maximum atomic E-state index is 13.3. The SMILES string of the molecule is O=C(NC(CSCc1ccccc1)C(=O)O)/C(=C\c1ccc(-c2ccccc2)cc1)NC(=O)c1ccc(C(F)(F)F)cc1. The van der Waals surface area contributed by atoms with E-state index in [2.05, 4.69) is 10.6 Å². The summed E-state index contributed by atoms with van der Waals surface area (Å²) < 4.78 is 38.9. The molecule has 0 fully saturated rings. The van der Waals surface area contributed by atoms with Crippen LogP contribution in [0, 0.1) is 0 Å². The van der Waals surface area contributed by atoms with E-state index in [4.69, 9.17) is 0 Å². The predicted octanol–water partition coefficient (Wildman–Crippen LogP) is 6.65. The smallest absolute Gasteiger partial charge is 0.416 e. The van der Waals surface area contributed by atoms with Crippen LogP contribution < -0.4 is 10.6 Å². The fraction of sp³-hybridized carbons (Fsp3) is 0.121. The molecule has 0 radical (unpaired) electrons. The van der Waals surface area contributed by atoms with E-state index in [0.717, 1.165) is 41.0 Å². The van der Waals surface area contributed by atoms with Gasteiger partial charge in [-0.3, -0.25) is 9.59 Å². The number of carbonyl (C=O) groups is 3. The van der Waals surface area contributed by atoms with Gasteiger partial charge in [0.1, 0.15) is 11.7 Å². The highest BCUT2D eigenvalue weighted by Crippen LogP contribution is 2.29. The number of hydrogen-bond donors (Lipinski definition) is 3. The van der Waals surface area contributed by atoms with Crippen LogP contribution in [-0.2, 0) is 21.5 Å². The summed E-state index contributed by atoms with van der Waals surface area (Å²) in [6.45, 7) is 0. The van der Waals surface area contributed by atoms with Gasteiger partial charge in [0.2, 0.25) is 0 Å². The molecule has 0 aromatic heterocycles. The van der Waals surface area contributed by atoms with E-state index in [9.17, 15) is 32.7 Å². The Balaban J connectivity index is 1.55. The van der Waals surface area contributed by atoms with Gasteiger partial charge in [-0.15, -0.1) is 0 Å². The van der Waals surface area contributed by atoms with E-state index < -0.39 is 35.6 Å². The van der Waals surface area contributed by atoms with Crippen molar-refractivity contribution < 1.29 is 32.7 Å². The molecule has 0 saturated carbocycles. The van der Waals surface area contributed by atoms with Gasteiger partial charge in [0.05, 0.1) is 5.56 Å². The lowest BCUT2D eigenvalue weighted by Gasteiger charge is -2.17. The molecule has 0 aliphatic heterocycles. The van der Waals surface area contributed by atoms with Gasteiger partial charge in [-0.05, 0) is 52.6 Å². The van der Waals surface area contributed by atoms with Crippen LogP contribution in [0.1, 0.15) is 27.0 Å². The van der Waals surface area contributed by atoms with Crippen molar-refractivity contribution in [1.82, 2.24) is 10.6 Å². The van der Waals surface area contributed by atoms with Crippen LogP contribution in [0.3, 0.4) is 0 Å². The van der Waals surface area contributed by atoms with Crippen LogP contribution in [0.4, 0.5) is 13.2 Å². The highest BCUT2D eigenvalue weighted by molar-refractivity contribution is 7.98. The average molecular weight is 605 g/mol. The lowest BCUT2D eigenvalue weighted by atomic mass is 10.0. The van der Waals surface area contributed by atoms with Crippen LogP contribution in [0.15, 0.2) is 115 Å². The van der Waals surface area contributed by atoms with E-state index >= 15 is 0 Å². The lowest BCUT2D eigenvalue weighted by molar-refractivity contribution is -0.140. The molecule has 220 valence electrons. The minimum absolute atomic E-state index is 0.0574. The van der Waals surface area contributed by atoms with Crippen LogP contribution in [0.5, 0.6) is 0 Å². The zero-order valence-corrected chi connectivity index (χ0v) is 23.5. The first-order valence-electron chi connectivity index (χ1n) is 13.1. The minimum Gasteiger partial charge on any atom is -0.480 e. The topological polar surface area (TPSA) is 95.5 Å². The molecule has 3 N–H and O–H groups in total. The number of carboxylic acids is 1. The number of amides is 2. The number of carbonyl (C=O) groups excluding carboxylic acids is 2. The Hall–Kier alpha value is -4.83. The van der Waals surface area contributed by atoms with Gasteiger partial charge in [-0.2, -0.15) is 24.9 Å². The van der Waals surface area contributed by atoms with Crippen molar-refractivity contribution >= 4 is 35.6 Å². The number of hydrogen-bond acceptors (Lipinski definition) is 4. The van der Waals surface area contributed by atoms with Gasteiger partial charge in [-0.25, -0.2) is 4.79 Å². The van der Waals surface area contributed by atoms with Gasteiger partial charge < -0.3 is 15.7 Å². The Kier molecular flexibility index (Phi) is 10.4. The van der Waals surface area contributed by atoms with Gasteiger partial charge in [0, 0.05) is 17.1 Å². The molecule has 2 amide bonds. The fourth-order valence-electron chi connectivity index (χ4n) is 4.01. The molecule has 4 aromatic rings. The van der Waals surface area contributed by atoms with Crippen LogP contribution >= 0.6 is 11.8 Å². The number of halogens is 3. The third-order valence-corrected chi connectivity index (χ3v) is 7.40. The summed E-state index contributed by atoms with van der Waals surface area (Å²) in [5.74, 6) is -2.36. The van der Waals surface area contributed by atoms with Crippen molar-refractivity contribution in [2.24, 2.45) is 0 Å². The van der Waals surface area contributed by atoms with Crippen LogP contribution in [0.25, 0.3) is 17.2 Å². The molecule has 4 rings (SSSR count). The monoisotopic (exact) mass is 604 g/mol. The zero-order valence-electron chi connectivity index (χ0n) is 22.7. The predicted molar refractivity (Wildman–Crippen MR) is 161 cm³/mol. The number of rotatable bonds is 11. The standard InChI is InChI=1S/C33H27F3N2O4S/c34-33(35,36)27-17-15-26(16-18-27)30(39)37-28(19-22-11-13-25(14-12-22)24-9-5-2-6-10-24)31(40)38-29(32(41)42)21-43-20-23-7-3-1-4-8-23/h1-19,29H,20-21H2,(H,37,39)(H,38,40)(H,41,42)/b28-19+. The highest BCUT2D eigenvalue weighted by atomic mass is 32.2. The van der Waals surface area contributed by atoms with Crippen LogP contribution in [0.2, 0.25) is 0 Å². The average Bonchev–Trinajstić information content (AvgIpc) is 3.01. The normalized spacial score (nSPS) is 12.3. The van der Waals surface area contributed by atoms with E-state index in [0.29, 0.717) is 11.3 Å². The second-order valence-corrected chi connectivity index (χ2v) is 10.5. The van der Waals surface area contributed by atoms with E-state index in [-0.39, 0.29) is 17.0 Å². The molecule has 1 unspecified atom stereocenters. The molecule has 6 nitrogen and oxygen atoms in total. The van der Waals surface area contributed by atoms with Crippen molar-refractivity contribution in [2.75, 3.05) is 5.75 Å². The first kappa shape index (κ1) is 31.1. The number of alkyl halides is 3. The zero-order chi connectivity index (χ0) is 30.8. The fourth-order valence-corrected chi connectivity index (χ4v) is 5.02. The molecule has 4 aromatic carbocycles. The van der Waals surface area contributed by atoms with Crippen LogP contribution in [-0.4, -0.2) is 34.7 Å². The largest absolute Gasteiger partial charge is 0.480 e. The Labute approximate surface area is 250 Å². The molecular formula is C33H27F3N2O4S. The summed E-state index contributed by atoms with van der Waals surface area (Å²) >= 11 is 1.32. The Morgan fingerprint density at radius 3 is 1.95 bits per heavy atom. The van der Waals surface area contributed by atoms with Gasteiger partial charge in [0.15, 0.2) is 0 Å². The molecule has 0 bridgehead atoms. The number of aliphatic carboxylic acids is 1. The van der Waals surface area contributed by atoms with Gasteiger partial charge in [0.25, 0.3) is 11.8 Å². The van der Waals surface area contributed by atoms with E-state index in [1.54, 1.807) is 12.1 Å². The van der Waals surface area contributed by atoms with Crippen molar-refractivity contribution in [3.05, 3.63) is 137 Å². The second kappa shape index (κ2) is 14.4. The Bertz CT molecular complexity index is 1570. The van der Waals surface area contributed by atoms with Gasteiger partial charge >= 0.3 is 12.1 Å². The molecule has 10 heteroatoms. The summed E-state index contributed by atoms with van der Waals surface area (Å²) in [4.78, 5) is 38.2. The maximum Gasteiger partial charge on any atom is 0.416 e. The third-order valence-electron chi connectivity index (χ3n) is 6.30. The minimum atomic E-state index is -4.57. The summed E-state index contributed by atoms with van der Waals surface area (Å²) in [6.07, 6.45) is -3.20. The molecular weight excluding hydrogens is 577 g/mol. The summed E-state index contributed by atoms with van der Waals surface area (Å²) in [5, 5.41) is 14.7. The number of thioether (sulfide) groups is 1. The summed E-state index contributed by atoms with van der Waals surface area (Å²) in [6, 6.07) is 28.4. The number of benzene rings is 4. The lowest BCUT2D eigenvalue weighted by Crippen LogP contribution is -2.45. The van der Waals surface area contributed by atoms with E-state index in [1.165, 1.54) is 17.8 Å². The third kappa shape index (κ3) is 9.08. The Morgan fingerprint density at radius 2 is 1.37 bits per heavy atom. The molecule has 0 aliphatic carbocycles. The maximum absolute atomic E-state index is 13.3. The second-order valence-electron chi connectivity index (χ2n) is 9.44. The number of carboxylic acid groups (broad SMARTS) is 1. The summed E-state index contributed by atoms with van der Waals surface area (Å²) in [7, 11) is 0. The number of nitrogens with one attached hydrogen (secondary N) is 2. The molecule has 0 aliphatic rings. The molecule has 0 heterocycles. The molecule has 1 atom stereocenters. The van der Waals surface area contributed by atoms with Crippen molar-refractivity contribution in [3.63, 3.8) is 0 Å². The summed E-state index contributed by atoms with van der Waals surface area (Å²) in [5.41, 5.74) is 2.11. The Morgan fingerprint density at radius 1 is 0.791 bits per heavy atom. The van der Waals surface area contributed by atoms with Crippen molar-refractivity contribution in [3.8, 4) is 11.1 Å². The van der Waals surface area contributed by atoms with Crippen molar-refractivity contribution in [1.29, 1.82) is 0 Å². The molecule has 43 heavy (non-hydrogen) atoms.